The first-order chi connectivity index (χ1) is 10.4. The van der Waals surface area contributed by atoms with Crippen LogP contribution >= 0.6 is 23.2 Å². The quantitative estimate of drug-likeness (QED) is 0.823. The van der Waals surface area contributed by atoms with Crippen LogP contribution in [0.3, 0.4) is 0 Å². The van der Waals surface area contributed by atoms with Crippen LogP contribution in [0.15, 0.2) is 36.8 Å². The maximum absolute atomic E-state index is 12.3. The summed E-state index contributed by atoms with van der Waals surface area (Å²) in [6.45, 7) is 0. The fourth-order valence-corrected chi connectivity index (χ4v) is 4.49. The van der Waals surface area contributed by atoms with Crippen LogP contribution in [0.25, 0.3) is 0 Å². The van der Waals surface area contributed by atoms with Gasteiger partial charge >= 0.3 is 0 Å². The van der Waals surface area contributed by atoms with Gasteiger partial charge in [0.15, 0.2) is 15.2 Å². The molecule has 6 nitrogen and oxygen atoms in total. The number of aromatic nitrogens is 2. The highest BCUT2D eigenvalue weighted by Crippen LogP contribution is 2.40. The van der Waals surface area contributed by atoms with Crippen LogP contribution in [0.5, 0.6) is 0 Å². The van der Waals surface area contributed by atoms with E-state index in [1.165, 1.54) is 36.8 Å². The normalized spacial score (nSPS) is 20.4. The third-order valence-corrected chi connectivity index (χ3v) is 5.49. The number of amides is 1. The molecule has 0 N–H and O–H groups in total. The Morgan fingerprint density at radius 1 is 1.23 bits per heavy atom. The summed E-state index contributed by atoms with van der Waals surface area (Å²) in [7, 11) is -3.73. The van der Waals surface area contributed by atoms with E-state index in [1.54, 1.807) is 0 Å². The molecule has 22 heavy (non-hydrogen) atoms. The number of anilines is 1. The van der Waals surface area contributed by atoms with E-state index in [-0.39, 0.29) is 16.4 Å². The van der Waals surface area contributed by atoms with E-state index in [4.69, 9.17) is 23.2 Å². The number of rotatable bonds is 2. The van der Waals surface area contributed by atoms with E-state index in [0.717, 1.165) is 4.90 Å². The lowest BCUT2D eigenvalue weighted by Crippen LogP contribution is -2.30. The Kier molecular flexibility index (Phi) is 3.80. The zero-order valence-corrected chi connectivity index (χ0v) is 13.3. The van der Waals surface area contributed by atoms with Crippen LogP contribution in [0, 0.1) is 0 Å². The molecule has 1 amide bonds. The number of carbonyl (C=O) groups is 1. The van der Waals surface area contributed by atoms with Crippen molar-refractivity contribution in [3.05, 3.63) is 52.5 Å². The van der Waals surface area contributed by atoms with Gasteiger partial charge in [0, 0.05) is 17.4 Å². The van der Waals surface area contributed by atoms with Gasteiger partial charge in [-0.1, -0.05) is 23.2 Å². The molecule has 9 heteroatoms. The Hall–Kier alpha value is -1.70. The number of hydrogen-bond donors (Lipinski definition) is 0. The standard InChI is InChI=1S/C13H9Cl2N3O3S/c14-8-1-2-11(9(15)5-8)18-12(19)7-22(20,21)13(18)10-6-16-3-4-17-10/h1-6,13H,7H2. The molecule has 114 valence electrons. The van der Waals surface area contributed by atoms with Gasteiger partial charge in [0.1, 0.15) is 5.75 Å². The van der Waals surface area contributed by atoms with Crippen LogP contribution in [-0.2, 0) is 14.6 Å². The highest BCUT2D eigenvalue weighted by atomic mass is 35.5. The van der Waals surface area contributed by atoms with E-state index in [0.29, 0.717) is 5.02 Å². The fraction of sp³-hybridized carbons (Fsp3) is 0.154. The third kappa shape index (κ3) is 2.55. The molecule has 0 bridgehead atoms. The second-order valence-electron chi connectivity index (χ2n) is 4.65. The van der Waals surface area contributed by atoms with Gasteiger partial charge in [-0.05, 0) is 18.2 Å². The van der Waals surface area contributed by atoms with E-state index in [2.05, 4.69) is 9.97 Å². The summed E-state index contributed by atoms with van der Waals surface area (Å²) in [4.78, 5) is 21.2. The molecule has 1 aromatic carbocycles. The van der Waals surface area contributed by atoms with Gasteiger partial charge in [0.05, 0.1) is 22.6 Å². The molecular weight excluding hydrogens is 349 g/mol. The first-order valence-electron chi connectivity index (χ1n) is 6.15. The molecular formula is C13H9Cl2N3O3S. The SMILES string of the molecule is O=C1CS(=O)(=O)C(c2cnccn2)N1c1ccc(Cl)cc1Cl. The first-order valence-corrected chi connectivity index (χ1v) is 8.62. The van der Waals surface area contributed by atoms with Crippen molar-refractivity contribution < 1.29 is 13.2 Å². The van der Waals surface area contributed by atoms with Gasteiger partial charge in [0.2, 0.25) is 5.91 Å². The van der Waals surface area contributed by atoms with Crippen LogP contribution in [0.2, 0.25) is 10.0 Å². The molecule has 1 fully saturated rings. The largest absolute Gasteiger partial charge is 0.287 e. The summed E-state index contributed by atoms with van der Waals surface area (Å²) >= 11 is 12.0. The Labute approximate surface area is 136 Å². The Balaban J connectivity index is 2.17. The minimum absolute atomic E-state index is 0.166. The van der Waals surface area contributed by atoms with Crippen molar-refractivity contribution in [1.82, 2.24) is 9.97 Å². The summed E-state index contributed by atoms with van der Waals surface area (Å²) in [6, 6.07) is 4.49. The monoisotopic (exact) mass is 357 g/mol. The fourth-order valence-electron chi connectivity index (χ4n) is 2.30. The molecule has 0 saturated carbocycles. The molecule has 1 unspecified atom stereocenters. The molecule has 0 spiro atoms. The molecule has 1 atom stereocenters. The predicted molar refractivity (Wildman–Crippen MR) is 82.5 cm³/mol. The van der Waals surface area contributed by atoms with Crippen molar-refractivity contribution in [2.45, 2.75) is 5.37 Å². The van der Waals surface area contributed by atoms with Gasteiger partial charge in [0.25, 0.3) is 0 Å². The van der Waals surface area contributed by atoms with E-state index < -0.39 is 26.9 Å². The van der Waals surface area contributed by atoms with Crippen LogP contribution in [0.4, 0.5) is 5.69 Å². The topological polar surface area (TPSA) is 80.2 Å². The zero-order chi connectivity index (χ0) is 15.9. The molecule has 1 aliphatic heterocycles. The van der Waals surface area contributed by atoms with Gasteiger partial charge < -0.3 is 0 Å². The smallest absolute Gasteiger partial charge is 0.243 e. The lowest BCUT2D eigenvalue weighted by Gasteiger charge is -2.23. The number of halogens is 2. The van der Waals surface area contributed by atoms with Crippen LogP contribution in [-0.4, -0.2) is 30.0 Å². The maximum Gasteiger partial charge on any atom is 0.243 e. The third-order valence-electron chi connectivity index (χ3n) is 3.17. The van der Waals surface area contributed by atoms with E-state index >= 15 is 0 Å². The summed E-state index contributed by atoms with van der Waals surface area (Å²) in [6.07, 6.45) is 4.11. The highest BCUT2D eigenvalue weighted by Gasteiger charge is 2.47. The summed E-state index contributed by atoms with van der Waals surface area (Å²) < 4.78 is 24.7. The van der Waals surface area contributed by atoms with Gasteiger partial charge in [-0.2, -0.15) is 0 Å². The van der Waals surface area contributed by atoms with Crippen molar-refractivity contribution in [1.29, 1.82) is 0 Å². The van der Waals surface area contributed by atoms with Crippen molar-refractivity contribution in [2.75, 3.05) is 10.7 Å². The Morgan fingerprint density at radius 2 is 2.00 bits per heavy atom. The van der Waals surface area contributed by atoms with Crippen molar-refractivity contribution >= 4 is 44.6 Å². The summed E-state index contributed by atoms with van der Waals surface area (Å²) in [5, 5.41) is -0.668. The minimum Gasteiger partial charge on any atom is -0.287 e. The number of sulfone groups is 1. The molecule has 0 aliphatic carbocycles. The lowest BCUT2D eigenvalue weighted by atomic mass is 10.2. The first kappa shape index (κ1) is 15.2. The van der Waals surface area contributed by atoms with Crippen LogP contribution in [0.1, 0.15) is 11.1 Å². The number of benzene rings is 1. The maximum atomic E-state index is 12.3. The zero-order valence-electron chi connectivity index (χ0n) is 11.0. The molecule has 1 aliphatic rings. The van der Waals surface area contributed by atoms with E-state index in [1.807, 2.05) is 0 Å². The molecule has 1 saturated heterocycles. The molecule has 2 heterocycles. The Bertz CT molecular complexity index is 843. The summed E-state index contributed by atoms with van der Waals surface area (Å²) in [5.41, 5.74) is 0.437. The number of hydrogen-bond acceptors (Lipinski definition) is 5. The van der Waals surface area contributed by atoms with Gasteiger partial charge in [-0.25, -0.2) is 8.42 Å². The van der Waals surface area contributed by atoms with Crippen molar-refractivity contribution in [2.24, 2.45) is 0 Å². The van der Waals surface area contributed by atoms with Gasteiger partial charge in [-0.3, -0.25) is 19.7 Å². The number of nitrogens with zero attached hydrogens (tertiary/aromatic N) is 3. The lowest BCUT2D eigenvalue weighted by molar-refractivity contribution is -0.115. The average Bonchev–Trinajstić information content (AvgIpc) is 2.69. The van der Waals surface area contributed by atoms with Gasteiger partial charge in [-0.15, -0.1) is 0 Å². The van der Waals surface area contributed by atoms with Crippen LogP contribution < -0.4 is 4.90 Å². The minimum atomic E-state index is -3.73. The second kappa shape index (κ2) is 5.49. The highest BCUT2D eigenvalue weighted by molar-refractivity contribution is 7.93. The molecule has 1 aromatic heterocycles. The number of carbonyl (C=O) groups excluding carboxylic acids is 1. The predicted octanol–water partition coefficient (Wildman–Crippen LogP) is 2.24. The molecule has 3 rings (SSSR count). The van der Waals surface area contributed by atoms with E-state index in [9.17, 15) is 13.2 Å². The molecule has 2 aromatic rings. The van der Waals surface area contributed by atoms with Crippen molar-refractivity contribution in [3.8, 4) is 0 Å². The van der Waals surface area contributed by atoms with Crippen molar-refractivity contribution in [3.63, 3.8) is 0 Å². The average molecular weight is 358 g/mol. The molecule has 0 radical (unpaired) electrons. The summed E-state index contributed by atoms with van der Waals surface area (Å²) in [5.74, 6) is -1.17. The Morgan fingerprint density at radius 3 is 2.64 bits per heavy atom. The second-order valence-corrected chi connectivity index (χ2v) is 7.55.